The molecule has 2 rings (SSSR count). The topological polar surface area (TPSA) is 61.8 Å². The molecule has 1 aliphatic rings. The van der Waals surface area contributed by atoms with E-state index >= 15 is 0 Å². The molecule has 0 aliphatic carbocycles. The van der Waals surface area contributed by atoms with Gasteiger partial charge in [-0.25, -0.2) is 0 Å². The molecule has 0 aromatic heterocycles. The highest BCUT2D eigenvalue weighted by Gasteiger charge is 2.39. The molecule has 1 atom stereocenters. The van der Waals surface area contributed by atoms with Crippen molar-refractivity contribution in [2.45, 2.75) is 50.4 Å². The van der Waals surface area contributed by atoms with Gasteiger partial charge >= 0.3 is 0 Å². The zero-order valence-corrected chi connectivity index (χ0v) is 13.5. The average molecular weight is 314 g/mol. The summed E-state index contributed by atoms with van der Waals surface area (Å²) in [5.41, 5.74) is 0.997. The van der Waals surface area contributed by atoms with Gasteiger partial charge in [0, 0.05) is 0 Å². The monoisotopic (exact) mass is 314 g/mol. The molecule has 21 heavy (non-hydrogen) atoms. The van der Waals surface area contributed by atoms with Crippen LogP contribution in [0.5, 0.6) is 0 Å². The fraction of sp³-hybridized carbons (Fsp3) is 0.600. The maximum atomic E-state index is 12.1. The van der Waals surface area contributed by atoms with Crippen LogP contribution in [0.3, 0.4) is 0 Å². The van der Waals surface area contributed by atoms with Crippen LogP contribution in [-0.2, 0) is 23.8 Å². The lowest BCUT2D eigenvalue weighted by molar-refractivity contribution is -0.174. The van der Waals surface area contributed by atoms with Crippen molar-refractivity contribution in [3.05, 3.63) is 29.8 Å². The van der Waals surface area contributed by atoms with Crippen LogP contribution >= 0.6 is 0 Å². The number of hydrogen-bond donors (Lipinski definition) is 0. The third-order valence-corrected chi connectivity index (χ3v) is 5.01. The van der Waals surface area contributed by atoms with Crippen molar-refractivity contribution in [3.63, 3.8) is 0 Å². The molecule has 1 unspecified atom stereocenters. The van der Waals surface area contributed by atoms with Crippen molar-refractivity contribution in [3.8, 4) is 0 Å². The van der Waals surface area contributed by atoms with Gasteiger partial charge in [0.1, 0.15) is 6.10 Å². The Hall–Kier alpha value is -0.950. The molecule has 5 nitrogen and oxygen atoms in total. The van der Waals surface area contributed by atoms with Crippen LogP contribution in [0.4, 0.5) is 0 Å². The van der Waals surface area contributed by atoms with E-state index in [1.54, 1.807) is 24.3 Å². The van der Waals surface area contributed by atoms with Crippen LogP contribution < -0.4 is 0 Å². The SMILES string of the molecule is CCC1(CC)OCC(COS(=O)(=O)c2ccc(C)cc2)O1. The molecule has 1 aromatic rings. The van der Waals surface area contributed by atoms with Crippen molar-refractivity contribution in [1.82, 2.24) is 0 Å². The molecule has 0 radical (unpaired) electrons. The van der Waals surface area contributed by atoms with Crippen molar-refractivity contribution >= 4 is 10.1 Å². The second kappa shape index (κ2) is 6.44. The smallest absolute Gasteiger partial charge is 0.297 e. The summed E-state index contributed by atoms with van der Waals surface area (Å²) >= 11 is 0. The maximum absolute atomic E-state index is 12.1. The molecule has 0 bridgehead atoms. The Bertz CT molecular complexity index is 560. The molecule has 1 saturated heterocycles. The van der Waals surface area contributed by atoms with E-state index in [-0.39, 0.29) is 17.6 Å². The highest BCUT2D eigenvalue weighted by atomic mass is 32.2. The first kappa shape index (κ1) is 16.4. The van der Waals surface area contributed by atoms with Crippen LogP contribution in [0.2, 0.25) is 0 Å². The highest BCUT2D eigenvalue weighted by Crippen LogP contribution is 2.30. The third-order valence-electron chi connectivity index (χ3n) is 3.71. The van der Waals surface area contributed by atoms with Gasteiger partial charge in [-0.05, 0) is 31.9 Å². The van der Waals surface area contributed by atoms with Gasteiger partial charge in [0.2, 0.25) is 0 Å². The Morgan fingerprint density at radius 2 is 1.86 bits per heavy atom. The lowest BCUT2D eigenvalue weighted by Gasteiger charge is -2.24. The molecule has 0 saturated carbocycles. The molecule has 0 N–H and O–H groups in total. The van der Waals surface area contributed by atoms with Crippen molar-refractivity contribution < 1.29 is 22.1 Å². The van der Waals surface area contributed by atoms with Gasteiger partial charge in [0.05, 0.1) is 18.1 Å². The minimum Gasteiger partial charge on any atom is -0.347 e. The first-order valence-electron chi connectivity index (χ1n) is 7.18. The summed E-state index contributed by atoms with van der Waals surface area (Å²) in [6, 6.07) is 6.56. The molecule has 0 spiro atoms. The molecule has 1 fully saturated rings. The predicted molar refractivity (Wildman–Crippen MR) is 78.5 cm³/mol. The first-order chi connectivity index (χ1) is 9.91. The summed E-state index contributed by atoms with van der Waals surface area (Å²) < 4.78 is 40.7. The van der Waals surface area contributed by atoms with Crippen molar-refractivity contribution in [2.24, 2.45) is 0 Å². The van der Waals surface area contributed by atoms with Gasteiger partial charge in [-0.15, -0.1) is 0 Å². The second-order valence-corrected chi connectivity index (χ2v) is 6.84. The Labute approximate surface area is 126 Å². The summed E-state index contributed by atoms with van der Waals surface area (Å²) in [6.45, 7) is 6.19. The third kappa shape index (κ3) is 3.83. The van der Waals surface area contributed by atoms with Gasteiger partial charge in [-0.1, -0.05) is 31.5 Å². The summed E-state index contributed by atoms with van der Waals surface area (Å²) in [5, 5.41) is 0. The van der Waals surface area contributed by atoms with Crippen LogP contribution in [0.25, 0.3) is 0 Å². The second-order valence-electron chi connectivity index (χ2n) is 5.22. The number of ether oxygens (including phenoxy) is 2. The number of aryl methyl sites for hydroxylation is 1. The normalized spacial score (nSPS) is 21.6. The fourth-order valence-corrected chi connectivity index (χ4v) is 3.19. The molecule has 0 amide bonds. The lowest BCUT2D eigenvalue weighted by Crippen LogP contribution is -2.30. The summed E-state index contributed by atoms with van der Waals surface area (Å²) in [5.74, 6) is -0.596. The Kier molecular flexibility index (Phi) is 5.03. The molecule has 1 heterocycles. The largest absolute Gasteiger partial charge is 0.347 e. The standard InChI is InChI=1S/C15H22O5S/c1-4-15(5-2)18-10-13(20-15)11-19-21(16,17)14-8-6-12(3)7-9-14/h6-9,13H,4-5,10-11H2,1-3H3. The predicted octanol–water partition coefficient (Wildman–Crippen LogP) is 2.63. The van der Waals surface area contributed by atoms with E-state index in [2.05, 4.69) is 0 Å². The average Bonchev–Trinajstić information content (AvgIpc) is 2.90. The number of benzene rings is 1. The molecule has 1 aliphatic heterocycles. The van der Waals surface area contributed by atoms with E-state index in [1.807, 2.05) is 20.8 Å². The van der Waals surface area contributed by atoms with Gasteiger partial charge in [-0.3, -0.25) is 4.18 Å². The number of rotatable bonds is 6. The van der Waals surface area contributed by atoms with E-state index in [4.69, 9.17) is 13.7 Å². The molecule has 118 valence electrons. The minimum absolute atomic E-state index is 0.0298. The van der Waals surface area contributed by atoms with E-state index < -0.39 is 15.9 Å². The van der Waals surface area contributed by atoms with Crippen LogP contribution in [0, 0.1) is 6.92 Å². The van der Waals surface area contributed by atoms with Gasteiger partial charge in [0.15, 0.2) is 5.79 Å². The molecule has 6 heteroatoms. The van der Waals surface area contributed by atoms with Crippen LogP contribution in [-0.4, -0.2) is 33.5 Å². The Balaban J connectivity index is 1.95. The van der Waals surface area contributed by atoms with Gasteiger partial charge < -0.3 is 9.47 Å². The van der Waals surface area contributed by atoms with E-state index in [0.717, 1.165) is 18.4 Å². The van der Waals surface area contributed by atoms with Gasteiger partial charge in [-0.2, -0.15) is 8.42 Å². The lowest BCUT2D eigenvalue weighted by atomic mass is 10.1. The Morgan fingerprint density at radius 1 is 1.24 bits per heavy atom. The van der Waals surface area contributed by atoms with Crippen molar-refractivity contribution in [1.29, 1.82) is 0 Å². The summed E-state index contributed by atoms with van der Waals surface area (Å²) in [7, 11) is -3.75. The highest BCUT2D eigenvalue weighted by molar-refractivity contribution is 7.86. The number of hydrogen-bond acceptors (Lipinski definition) is 5. The zero-order chi connectivity index (χ0) is 15.5. The van der Waals surface area contributed by atoms with Crippen molar-refractivity contribution in [2.75, 3.05) is 13.2 Å². The first-order valence-corrected chi connectivity index (χ1v) is 8.59. The van der Waals surface area contributed by atoms with E-state index in [1.165, 1.54) is 0 Å². The fourth-order valence-electron chi connectivity index (χ4n) is 2.26. The Morgan fingerprint density at radius 3 is 2.38 bits per heavy atom. The maximum Gasteiger partial charge on any atom is 0.297 e. The van der Waals surface area contributed by atoms with Crippen LogP contribution in [0.15, 0.2) is 29.2 Å². The molecule has 1 aromatic carbocycles. The quantitative estimate of drug-likeness (QED) is 0.755. The van der Waals surface area contributed by atoms with E-state index in [0.29, 0.717) is 6.61 Å². The van der Waals surface area contributed by atoms with Crippen LogP contribution in [0.1, 0.15) is 32.3 Å². The minimum atomic E-state index is -3.75. The van der Waals surface area contributed by atoms with Gasteiger partial charge in [0.25, 0.3) is 10.1 Å². The zero-order valence-electron chi connectivity index (χ0n) is 12.7. The molecular formula is C15H22O5S. The molecular weight excluding hydrogens is 292 g/mol. The van der Waals surface area contributed by atoms with E-state index in [9.17, 15) is 8.42 Å². The summed E-state index contributed by atoms with van der Waals surface area (Å²) in [4.78, 5) is 0.157. The summed E-state index contributed by atoms with van der Waals surface area (Å²) in [6.07, 6.45) is 1.10.